The highest BCUT2D eigenvalue weighted by atomic mass is 16.5. The van der Waals surface area contributed by atoms with Gasteiger partial charge in [0.05, 0.1) is 12.2 Å². The molecule has 1 atom stereocenters. The topological polar surface area (TPSA) is 76.7 Å². The lowest BCUT2D eigenvalue weighted by Gasteiger charge is -2.13. The van der Waals surface area contributed by atoms with Crippen molar-refractivity contribution in [2.75, 3.05) is 13.2 Å². The third kappa shape index (κ3) is 7.38. The van der Waals surface area contributed by atoms with E-state index in [-0.39, 0.29) is 6.61 Å². The fraction of sp³-hybridized carbons (Fsp3) is 0.259. The third-order valence-corrected chi connectivity index (χ3v) is 5.37. The molecular formula is C27H30N2O4. The molecular weight excluding hydrogens is 416 g/mol. The molecule has 6 heteroatoms. The number of ether oxygens (including phenoxy) is 2. The first kappa shape index (κ1) is 23.9. The van der Waals surface area contributed by atoms with E-state index in [0.717, 1.165) is 18.4 Å². The summed E-state index contributed by atoms with van der Waals surface area (Å²) in [7, 11) is 0. The van der Waals surface area contributed by atoms with Gasteiger partial charge in [-0.25, -0.2) is 0 Å². The fourth-order valence-electron chi connectivity index (χ4n) is 3.21. The third-order valence-electron chi connectivity index (χ3n) is 5.37. The molecule has 0 aromatic heterocycles. The van der Waals surface area contributed by atoms with Crippen LogP contribution in [0.1, 0.15) is 47.7 Å². The van der Waals surface area contributed by atoms with E-state index < -0.39 is 11.8 Å². The molecule has 2 N–H and O–H groups in total. The van der Waals surface area contributed by atoms with Crippen molar-refractivity contribution in [2.45, 2.75) is 32.6 Å². The van der Waals surface area contributed by atoms with Gasteiger partial charge in [0.25, 0.3) is 11.8 Å². The predicted octanol–water partition coefficient (Wildman–Crippen LogP) is 4.66. The average molecular weight is 447 g/mol. The Balaban J connectivity index is 1.45. The summed E-state index contributed by atoms with van der Waals surface area (Å²) in [6.07, 6.45) is 1.78. The van der Waals surface area contributed by atoms with Gasteiger partial charge in [0.2, 0.25) is 0 Å². The first-order valence-electron chi connectivity index (χ1n) is 11.1. The summed E-state index contributed by atoms with van der Waals surface area (Å²) in [4.78, 5) is 24.7. The maximum absolute atomic E-state index is 12.6. The molecule has 2 amide bonds. The number of carbonyl (C=O) groups is 2. The zero-order valence-corrected chi connectivity index (χ0v) is 19.0. The standard InChI is InChI=1S/C27H30N2O4/c1-3-20(2)22-13-15-23(16-14-22)33-19-26(30)28-29-27(31)24-11-7-8-12-25(24)32-18-17-21-9-5-4-6-10-21/h4-16,20H,3,17-19H2,1-2H3,(H,28,30)(H,29,31). The molecule has 172 valence electrons. The maximum atomic E-state index is 12.6. The van der Waals surface area contributed by atoms with Crippen LogP contribution >= 0.6 is 0 Å². The number of hydrogen-bond acceptors (Lipinski definition) is 4. The second-order valence-corrected chi connectivity index (χ2v) is 7.75. The molecule has 0 saturated heterocycles. The van der Waals surface area contributed by atoms with Gasteiger partial charge < -0.3 is 9.47 Å². The zero-order chi connectivity index (χ0) is 23.5. The van der Waals surface area contributed by atoms with Crippen molar-refractivity contribution in [3.05, 3.63) is 95.6 Å². The van der Waals surface area contributed by atoms with Crippen LogP contribution in [0.25, 0.3) is 0 Å². The zero-order valence-electron chi connectivity index (χ0n) is 19.0. The lowest BCUT2D eigenvalue weighted by atomic mass is 9.99. The van der Waals surface area contributed by atoms with E-state index in [9.17, 15) is 9.59 Å². The van der Waals surface area contributed by atoms with Gasteiger partial charge in [-0.2, -0.15) is 0 Å². The molecule has 0 radical (unpaired) electrons. The predicted molar refractivity (Wildman–Crippen MR) is 128 cm³/mol. The van der Waals surface area contributed by atoms with E-state index in [2.05, 4.69) is 24.7 Å². The molecule has 0 heterocycles. The van der Waals surface area contributed by atoms with Crippen molar-refractivity contribution in [3.8, 4) is 11.5 Å². The number of amides is 2. The Kier molecular flexibility index (Phi) is 8.88. The monoisotopic (exact) mass is 446 g/mol. The molecule has 1 unspecified atom stereocenters. The van der Waals surface area contributed by atoms with Crippen LogP contribution in [0.2, 0.25) is 0 Å². The Morgan fingerprint density at radius 2 is 1.55 bits per heavy atom. The van der Waals surface area contributed by atoms with Gasteiger partial charge in [0.15, 0.2) is 6.61 Å². The summed E-state index contributed by atoms with van der Waals surface area (Å²) in [5.41, 5.74) is 7.52. The lowest BCUT2D eigenvalue weighted by Crippen LogP contribution is -2.43. The van der Waals surface area contributed by atoms with E-state index >= 15 is 0 Å². The minimum atomic E-state index is -0.462. The van der Waals surface area contributed by atoms with Crippen LogP contribution in [0.4, 0.5) is 0 Å². The van der Waals surface area contributed by atoms with Gasteiger partial charge in [0.1, 0.15) is 11.5 Å². The van der Waals surface area contributed by atoms with Crippen LogP contribution in [0, 0.1) is 0 Å². The fourth-order valence-corrected chi connectivity index (χ4v) is 3.21. The number of nitrogens with one attached hydrogen (secondary N) is 2. The summed E-state index contributed by atoms with van der Waals surface area (Å²) in [6, 6.07) is 24.6. The second-order valence-electron chi connectivity index (χ2n) is 7.75. The molecule has 0 spiro atoms. The quantitative estimate of drug-likeness (QED) is 0.444. The van der Waals surface area contributed by atoms with E-state index in [0.29, 0.717) is 29.6 Å². The van der Waals surface area contributed by atoms with Gasteiger partial charge in [0, 0.05) is 6.42 Å². The summed E-state index contributed by atoms with van der Waals surface area (Å²) in [5.74, 6) is 0.606. The highest BCUT2D eigenvalue weighted by Crippen LogP contribution is 2.21. The van der Waals surface area contributed by atoms with Crippen LogP contribution in [0.15, 0.2) is 78.9 Å². The van der Waals surface area contributed by atoms with E-state index in [1.807, 2.05) is 54.6 Å². The van der Waals surface area contributed by atoms with Crippen molar-refractivity contribution in [1.29, 1.82) is 0 Å². The number of hydrogen-bond donors (Lipinski definition) is 2. The van der Waals surface area contributed by atoms with E-state index in [1.54, 1.807) is 24.3 Å². The molecule has 0 bridgehead atoms. The van der Waals surface area contributed by atoms with Crippen molar-refractivity contribution in [1.82, 2.24) is 10.9 Å². The average Bonchev–Trinajstić information content (AvgIpc) is 2.86. The number of para-hydroxylation sites is 1. The summed E-state index contributed by atoms with van der Waals surface area (Å²) in [6.45, 7) is 4.53. The Labute approximate surface area is 194 Å². The second kappa shape index (κ2) is 12.3. The van der Waals surface area contributed by atoms with E-state index in [1.165, 1.54) is 5.56 Å². The van der Waals surface area contributed by atoms with Gasteiger partial charge in [-0.3, -0.25) is 20.4 Å². The normalized spacial score (nSPS) is 11.3. The number of benzene rings is 3. The molecule has 3 aromatic carbocycles. The van der Waals surface area contributed by atoms with Gasteiger partial charge in [-0.15, -0.1) is 0 Å². The highest BCUT2D eigenvalue weighted by Gasteiger charge is 2.13. The Morgan fingerprint density at radius 3 is 2.27 bits per heavy atom. The molecule has 3 rings (SSSR count). The number of rotatable bonds is 10. The van der Waals surface area contributed by atoms with Crippen molar-refractivity contribution < 1.29 is 19.1 Å². The molecule has 0 aliphatic heterocycles. The Morgan fingerprint density at radius 1 is 0.848 bits per heavy atom. The van der Waals surface area contributed by atoms with Crippen molar-refractivity contribution in [2.24, 2.45) is 0 Å². The van der Waals surface area contributed by atoms with Crippen molar-refractivity contribution in [3.63, 3.8) is 0 Å². The minimum Gasteiger partial charge on any atom is -0.492 e. The maximum Gasteiger partial charge on any atom is 0.276 e. The van der Waals surface area contributed by atoms with Crippen LogP contribution in [0.3, 0.4) is 0 Å². The lowest BCUT2D eigenvalue weighted by molar-refractivity contribution is -0.123. The summed E-state index contributed by atoms with van der Waals surface area (Å²) >= 11 is 0. The minimum absolute atomic E-state index is 0.210. The first-order valence-corrected chi connectivity index (χ1v) is 11.1. The summed E-state index contributed by atoms with van der Waals surface area (Å²) in [5, 5.41) is 0. The van der Waals surface area contributed by atoms with Crippen LogP contribution < -0.4 is 20.3 Å². The van der Waals surface area contributed by atoms with E-state index in [4.69, 9.17) is 9.47 Å². The van der Waals surface area contributed by atoms with Crippen LogP contribution in [-0.2, 0) is 11.2 Å². The molecule has 0 aliphatic rings. The molecule has 33 heavy (non-hydrogen) atoms. The Bertz CT molecular complexity index is 1040. The Hall–Kier alpha value is -3.80. The SMILES string of the molecule is CCC(C)c1ccc(OCC(=O)NNC(=O)c2ccccc2OCCc2ccccc2)cc1. The van der Waals surface area contributed by atoms with Crippen LogP contribution in [-0.4, -0.2) is 25.0 Å². The van der Waals surface area contributed by atoms with Gasteiger partial charge >= 0.3 is 0 Å². The highest BCUT2D eigenvalue weighted by molar-refractivity contribution is 5.97. The number of hydrazine groups is 1. The molecule has 6 nitrogen and oxygen atoms in total. The molecule has 0 aliphatic carbocycles. The summed E-state index contributed by atoms with van der Waals surface area (Å²) < 4.78 is 11.3. The molecule has 0 fully saturated rings. The van der Waals surface area contributed by atoms with Gasteiger partial charge in [-0.05, 0) is 47.7 Å². The largest absolute Gasteiger partial charge is 0.492 e. The molecule has 3 aromatic rings. The first-order chi connectivity index (χ1) is 16.1. The number of carbonyl (C=O) groups excluding carboxylic acids is 2. The smallest absolute Gasteiger partial charge is 0.276 e. The molecule has 0 saturated carbocycles. The van der Waals surface area contributed by atoms with Gasteiger partial charge in [-0.1, -0.05) is 68.4 Å². The van der Waals surface area contributed by atoms with Crippen LogP contribution in [0.5, 0.6) is 11.5 Å². The van der Waals surface area contributed by atoms with Crippen molar-refractivity contribution >= 4 is 11.8 Å².